The van der Waals surface area contributed by atoms with Gasteiger partial charge in [0.15, 0.2) is 5.78 Å². The molecule has 1 aromatic rings. The summed E-state index contributed by atoms with van der Waals surface area (Å²) in [6.07, 6.45) is 4.83. The van der Waals surface area contributed by atoms with Crippen molar-refractivity contribution >= 4 is 17.4 Å². The van der Waals surface area contributed by atoms with E-state index in [9.17, 15) is 4.79 Å². The van der Waals surface area contributed by atoms with Crippen LogP contribution in [-0.4, -0.2) is 5.78 Å². The molecule has 15 heavy (non-hydrogen) atoms. The van der Waals surface area contributed by atoms with Crippen LogP contribution in [0.5, 0.6) is 0 Å². The second kappa shape index (κ2) is 3.80. The Morgan fingerprint density at radius 2 is 2.07 bits per heavy atom. The van der Waals surface area contributed by atoms with E-state index in [1.54, 1.807) is 12.1 Å². The summed E-state index contributed by atoms with van der Waals surface area (Å²) in [5.41, 5.74) is 5.93. The topological polar surface area (TPSA) is 43.1 Å². The average molecular weight is 222 g/mol. The monoisotopic (exact) mass is 221 g/mol. The van der Waals surface area contributed by atoms with Gasteiger partial charge in [-0.25, -0.2) is 0 Å². The SMILES string of the molecule is NC1(c2ccccc2Cl)CCC=CC1=O. The van der Waals surface area contributed by atoms with E-state index in [0.29, 0.717) is 11.4 Å². The van der Waals surface area contributed by atoms with Gasteiger partial charge in [0.1, 0.15) is 5.54 Å². The van der Waals surface area contributed by atoms with Crippen molar-refractivity contribution in [3.05, 3.63) is 47.0 Å². The van der Waals surface area contributed by atoms with E-state index in [1.165, 1.54) is 0 Å². The fourth-order valence-corrected chi connectivity index (χ4v) is 2.17. The molecule has 3 heteroatoms. The minimum Gasteiger partial charge on any atom is -0.315 e. The van der Waals surface area contributed by atoms with E-state index in [0.717, 1.165) is 12.0 Å². The number of carbonyl (C=O) groups excluding carboxylic acids is 1. The molecule has 0 bridgehead atoms. The van der Waals surface area contributed by atoms with Crippen LogP contribution >= 0.6 is 11.6 Å². The number of nitrogens with two attached hydrogens (primary N) is 1. The molecule has 0 radical (unpaired) electrons. The van der Waals surface area contributed by atoms with E-state index in [4.69, 9.17) is 17.3 Å². The summed E-state index contributed by atoms with van der Waals surface area (Å²) in [7, 11) is 0. The molecule has 1 aliphatic rings. The summed E-state index contributed by atoms with van der Waals surface area (Å²) in [6.45, 7) is 0. The Labute approximate surface area is 93.7 Å². The summed E-state index contributed by atoms with van der Waals surface area (Å²) in [6, 6.07) is 7.26. The van der Waals surface area contributed by atoms with Crippen LogP contribution in [0.3, 0.4) is 0 Å². The lowest BCUT2D eigenvalue weighted by Gasteiger charge is -2.30. The first-order valence-corrected chi connectivity index (χ1v) is 5.27. The molecule has 1 atom stereocenters. The zero-order valence-corrected chi connectivity index (χ0v) is 9.00. The molecule has 0 amide bonds. The van der Waals surface area contributed by atoms with Crippen molar-refractivity contribution in [2.24, 2.45) is 5.73 Å². The van der Waals surface area contributed by atoms with E-state index >= 15 is 0 Å². The zero-order valence-electron chi connectivity index (χ0n) is 8.24. The number of allylic oxidation sites excluding steroid dienone is 1. The van der Waals surface area contributed by atoms with Crippen molar-refractivity contribution in [1.29, 1.82) is 0 Å². The molecule has 0 fully saturated rings. The number of ketones is 1. The summed E-state index contributed by atoms with van der Waals surface area (Å²) in [5.74, 6) is -0.0677. The summed E-state index contributed by atoms with van der Waals surface area (Å²) in [5, 5.41) is 0.559. The largest absolute Gasteiger partial charge is 0.315 e. The summed E-state index contributed by atoms with van der Waals surface area (Å²) >= 11 is 6.06. The predicted octanol–water partition coefficient (Wildman–Crippen LogP) is 2.41. The van der Waals surface area contributed by atoms with Crippen LogP contribution in [-0.2, 0) is 10.3 Å². The van der Waals surface area contributed by atoms with Crippen LogP contribution in [0.1, 0.15) is 18.4 Å². The van der Waals surface area contributed by atoms with Crippen LogP contribution in [0.15, 0.2) is 36.4 Å². The average Bonchev–Trinajstić information content (AvgIpc) is 2.23. The second-order valence-electron chi connectivity index (χ2n) is 3.76. The fraction of sp³-hybridized carbons (Fsp3) is 0.250. The van der Waals surface area contributed by atoms with E-state index in [1.807, 2.05) is 24.3 Å². The fourth-order valence-electron chi connectivity index (χ4n) is 1.86. The number of carbonyl (C=O) groups is 1. The quantitative estimate of drug-likeness (QED) is 0.792. The molecule has 2 rings (SSSR count). The molecule has 0 spiro atoms. The highest BCUT2D eigenvalue weighted by Crippen LogP contribution is 2.33. The maximum absolute atomic E-state index is 11.8. The van der Waals surface area contributed by atoms with Gasteiger partial charge in [-0.1, -0.05) is 35.9 Å². The lowest BCUT2D eigenvalue weighted by molar-refractivity contribution is -0.120. The molecule has 0 aliphatic heterocycles. The van der Waals surface area contributed by atoms with Crippen molar-refractivity contribution in [3.8, 4) is 0 Å². The first-order valence-electron chi connectivity index (χ1n) is 4.89. The molecule has 1 aliphatic carbocycles. The highest BCUT2D eigenvalue weighted by atomic mass is 35.5. The maximum Gasteiger partial charge on any atom is 0.179 e. The van der Waals surface area contributed by atoms with E-state index < -0.39 is 5.54 Å². The van der Waals surface area contributed by atoms with Gasteiger partial charge in [0.2, 0.25) is 0 Å². The number of halogens is 1. The number of hydrogen-bond donors (Lipinski definition) is 1. The van der Waals surface area contributed by atoms with Crippen molar-refractivity contribution in [2.45, 2.75) is 18.4 Å². The minimum atomic E-state index is -0.937. The lowest BCUT2D eigenvalue weighted by atomic mass is 9.79. The first-order chi connectivity index (χ1) is 7.14. The third-order valence-electron chi connectivity index (χ3n) is 2.77. The van der Waals surface area contributed by atoms with Crippen LogP contribution in [0.25, 0.3) is 0 Å². The molecule has 0 heterocycles. The number of benzene rings is 1. The van der Waals surface area contributed by atoms with Crippen LogP contribution in [0, 0.1) is 0 Å². The molecular formula is C12H12ClNO. The highest BCUT2D eigenvalue weighted by Gasteiger charge is 2.36. The Balaban J connectivity index is 2.50. The molecule has 0 saturated carbocycles. The summed E-state index contributed by atoms with van der Waals surface area (Å²) in [4.78, 5) is 11.8. The normalized spacial score (nSPS) is 25.6. The molecule has 78 valence electrons. The third-order valence-corrected chi connectivity index (χ3v) is 3.10. The second-order valence-corrected chi connectivity index (χ2v) is 4.16. The zero-order chi connectivity index (χ0) is 10.9. The molecular weight excluding hydrogens is 210 g/mol. The smallest absolute Gasteiger partial charge is 0.179 e. The van der Waals surface area contributed by atoms with Gasteiger partial charge in [0.25, 0.3) is 0 Å². The molecule has 1 unspecified atom stereocenters. The highest BCUT2D eigenvalue weighted by molar-refractivity contribution is 6.31. The molecule has 0 saturated heterocycles. The van der Waals surface area contributed by atoms with Crippen LogP contribution in [0.2, 0.25) is 5.02 Å². The van der Waals surface area contributed by atoms with Gasteiger partial charge >= 0.3 is 0 Å². The van der Waals surface area contributed by atoms with Gasteiger partial charge < -0.3 is 5.73 Å². The van der Waals surface area contributed by atoms with E-state index in [2.05, 4.69) is 0 Å². The van der Waals surface area contributed by atoms with Gasteiger partial charge in [0, 0.05) is 5.02 Å². The van der Waals surface area contributed by atoms with Gasteiger partial charge in [-0.2, -0.15) is 0 Å². The molecule has 2 N–H and O–H groups in total. The maximum atomic E-state index is 11.8. The molecule has 1 aromatic carbocycles. The van der Waals surface area contributed by atoms with Crippen molar-refractivity contribution in [3.63, 3.8) is 0 Å². The first kappa shape index (κ1) is 10.4. The Morgan fingerprint density at radius 1 is 1.33 bits per heavy atom. The lowest BCUT2D eigenvalue weighted by Crippen LogP contribution is -2.45. The summed E-state index contributed by atoms with van der Waals surface area (Å²) < 4.78 is 0. The molecule has 2 nitrogen and oxygen atoms in total. The van der Waals surface area contributed by atoms with Crippen molar-refractivity contribution in [1.82, 2.24) is 0 Å². The Bertz CT molecular complexity index is 427. The van der Waals surface area contributed by atoms with Gasteiger partial charge in [0.05, 0.1) is 0 Å². The van der Waals surface area contributed by atoms with Gasteiger partial charge in [-0.05, 0) is 30.5 Å². The number of rotatable bonds is 1. The van der Waals surface area contributed by atoms with Crippen molar-refractivity contribution in [2.75, 3.05) is 0 Å². The Morgan fingerprint density at radius 3 is 2.73 bits per heavy atom. The number of hydrogen-bond acceptors (Lipinski definition) is 2. The minimum absolute atomic E-state index is 0.0677. The predicted molar refractivity (Wildman–Crippen MR) is 60.7 cm³/mol. The van der Waals surface area contributed by atoms with Gasteiger partial charge in [-0.15, -0.1) is 0 Å². The molecule has 0 aromatic heterocycles. The Kier molecular flexibility index (Phi) is 2.63. The van der Waals surface area contributed by atoms with Crippen molar-refractivity contribution < 1.29 is 4.79 Å². The van der Waals surface area contributed by atoms with Gasteiger partial charge in [-0.3, -0.25) is 4.79 Å². The van der Waals surface area contributed by atoms with Crippen LogP contribution < -0.4 is 5.73 Å². The third kappa shape index (κ3) is 1.71. The standard InChI is InChI=1S/C12H12ClNO/c13-10-6-2-1-5-9(10)12(14)8-4-3-7-11(12)15/h1-3,5-7H,4,8,14H2. The van der Waals surface area contributed by atoms with Crippen LogP contribution in [0.4, 0.5) is 0 Å². The Hall–Kier alpha value is -1.12. The van der Waals surface area contributed by atoms with E-state index in [-0.39, 0.29) is 5.78 Å².